The molecule has 5 heteroatoms. The molecule has 0 bridgehead atoms. The predicted molar refractivity (Wildman–Crippen MR) is 82.4 cm³/mol. The standard InChI is InChI=1S/C16H13ClN2O2/c17-11-5-4-6-12(9-11)18-14-10-15(20)19(16(14)21)13-7-2-1-3-8-13/h1-9,14,18H,10H2. The van der Waals surface area contributed by atoms with E-state index >= 15 is 0 Å². The van der Waals surface area contributed by atoms with Crippen LogP contribution in [-0.2, 0) is 9.59 Å². The van der Waals surface area contributed by atoms with Crippen molar-refractivity contribution < 1.29 is 9.59 Å². The molecule has 0 aliphatic carbocycles. The lowest BCUT2D eigenvalue weighted by Gasteiger charge is -2.16. The highest BCUT2D eigenvalue weighted by atomic mass is 35.5. The number of carbonyl (C=O) groups excluding carboxylic acids is 2. The minimum atomic E-state index is -0.559. The first-order chi connectivity index (χ1) is 10.1. The molecule has 0 aromatic heterocycles. The van der Waals surface area contributed by atoms with Gasteiger partial charge in [-0.15, -0.1) is 0 Å². The Morgan fingerprint density at radius 3 is 2.52 bits per heavy atom. The Balaban J connectivity index is 1.81. The molecule has 1 heterocycles. The smallest absolute Gasteiger partial charge is 0.256 e. The molecule has 2 aromatic carbocycles. The SMILES string of the molecule is O=C1CC(Nc2cccc(Cl)c2)C(=O)N1c1ccccc1. The van der Waals surface area contributed by atoms with Crippen LogP contribution in [0.2, 0.25) is 5.02 Å². The lowest BCUT2D eigenvalue weighted by atomic mass is 10.2. The molecule has 2 amide bonds. The van der Waals surface area contributed by atoms with E-state index < -0.39 is 6.04 Å². The topological polar surface area (TPSA) is 49.4 Å². The summed E-state index contributed by atoms with van der Waals surface area (Å²) in [5.41, 5.74) is 1.33. The van der Waals surface area contributed by atoms with Crippen LogP contribution in [0.4, 0.5) is 11.4 Å². The summed E-state index contributed by atoms with van der Waals surface area (Å²) in [5.74, 6) is -0.447. The second-order valence-corrected chi connectivity index (χ2v) is 5.25. The monoisotopic (exact) mass is 300 g/mol. The average Bonchev–Trinajstić information content (AvgIpc) is 2.74. The molecule has 3 rings (SSSR count). The minimum Gasteiger partial charge on any atom is -0.373 e. The highest BCUT2D eigenvalue weighted by Crippen LogP contribution is 2.25. The molecule has 0 saturated carbocycles. The third kappa shape index (κ3) is 2.76. The number of nitrogens with one attached hydrogen (secondary N) is 1. The number of halogens is 1. The molecule has 1 aliphatic heterocycles. The Bertz CT molecular complexity index is 688. The molecule has 1 atom stereocenters. The van der Waals surface area contributed by atoms with Gasteiger partial charge in [-0.1, -0.05) is 35.9 Å². The predicted octanol–water partition coefficient (Wildman–Crippen LogP) is 3.08. The third-order valence-electron chi connectivity index (χ3n) is 3.33. The largest absolute Gasteiger partial charge is 0.373 e. The zero-order chi connectivity index (χ0) is 14.8. The zero-order valence-corrected chi connectivity index (χ0v) is 11.9. The molecular formula is C16H13ClN2O2. The lowest BCUT2D eigenvalue weighted by Crippen LogP contribution is -2.34. The number of para-hydroxylation sites is 1. The average molecular weight is 301 g/mol. The molecule has 0 spiro atoms. The first-order valence-corrected chi connectivity index (χ1v) is 6.97. The van der Waals surface area contributed by atoms with Gasteiger partial charge in [-0.2, -0.15) is 0 Å². The summed E-state index contributed by atoms with van der Waals surface area (Å²) in [6.07, 6.45) is 0.139. The molecule has 1 aliphatic rings. The van der Waals surface area contributed by atoms with E-state index in [-0.39, 0.29) is 18.2 Å². The zero-order valence-electron chi connectivity index (χ0n) is 11.1. The van der Waals surface area contributed by atoms with Crippen LogP contribution in [-0.4, -0.2) is 17.9 Å². The Labute approximate surface area is 127 Å². The number of imide groups is 1. The van der Waals surface area contributed by atoms with Crippen LogP contribution >= 0.6 is 11.6 Å². The van der Waals surface area contributed by atoms with Gasteiger partial charge in [0, 0.05) is 10.7 Å². The Morgan fingerprint density at radius 2 is 1.81 bits per heavy atom. The van der Waals surface area contributed by atoms with E-state index in [2.05, 4.69) is 5.32 Å². The first kappa shape index (κ1) is 13.6. The summed E-state index contributed by atoms with van der Waals surface area (Å²) in [6.45, 7) is 0. The maximum absolute atomic E-state index is 12.4. The van der Waals surface area contributed by atoms with Gasteiger partial charge in [0.2, 0.25) is 5.91 Å². The molecule has 1 N–H and O–H groups in total. The van der Waals surface area contributed by atoms with Gasteiger partial charge in [0.25, 0.3) is 5.91 Å². The Kier molecular flexibility index (Phi) is 3.62. The maximum Gasteiger partial charge on any atom is 0.256 e. The number of rotatable bonds is 3. The number of benzene rings is 2. The van der Waals surface area contributed by atoms with E-state index in [1.54, 1.807) is 42.5 Å². The van der Waals surface area contributed by atoms with Gasteiger partial charge in [0.1, 0.15) is 6.04 Å². The number of hydrogen-bond donors (Lipinski definition) is 1. The van der Waals surface area contributed by atoms with Crippen LogP contribution < -0.4 is 10.2 Å². The van der Waals surface area contributed by atoms with Crippen LogP contribution in [0.5, 0.6) is 0 Å². The summed E-state index contributed by atoms with van der Waals surface area (Å²) in [5, 5.41) is 3.65. The van der Waals surface area contributed by atoms with Gasteiger partial charge in [-0.05, 0) is 30.3 Å². The van der Waals surface area contributed by atoms with Crippen LogP contribution in [0.3, 0.4) is 0 Å². The fraction of sp³-hybridized carbons (Fsp3) is 0.125. The molecule has 1 unspecified atom stereocenters. The van der Waals surface area contributed by atoms with Gasteiger partial charge in [-0.25, -0.2) is 4.90 Å². The lowest BCUT2D eigenvalue weighted by molar-refractivity contribution is -0.121. The van der Waals surface area contributed by atoms with E-state index in [9.17, 15) is 9.59 Å². The number of carbonyl (C=O) groups is 2. The second kappa shape index (κ2) is 5.58. The van der Waals surface area contributed by atoms with Gasteiger partial charge >= 0.3 is 0 Å². The van der Waals surface area contributed by atoms with E-state index in [0.29, 0.717) is 10.7 Å². The second-order valence-electron chi connectivity index (χ2n) is 4.81. The summed E-state index contributed by atoms with van der Waals surface area (Å²) >= 11 is 5.92. The van der Waals surface area contributed by atoms with Gasteiger partial charge in [0.15, 0.2) is 0 Å². The highest BCUT2D eigenvalue weighted by molar-refractivity contribution is 6.30. The fourth-order valence-electron chi connectivity index (χ4n) is 2.37. The normalized spacial score (nSPS) is 18.1. The van der Waals surface area contributed by atoms with Crippen LogP contribution in [0.1, 0.15) is 6.42 Å². The van der Waals surface area contributed by atoms with Crippen LogP contribution in [0.25, 0.3) is 0 Å². The molecule has 0 radical (unpaired) electrons. The number of hydrogen-bond acceptors (Lipinski definition) is 3. The summed E-state index contributed by atoms with van der Waals surface area (Å²) < 4.78 is 0. The van der Waals surface area contributed by atoms with Crippen molar-refractivity contribution in [3.63, 3.8) is 0 Å². The van der Waals surface area contributed by atoms with Gasteiger partial charge < -0.3 is 5.32 Å². The van der Waals surface area contributed by atoms with Crippen molar-refractivity contribution in [1.82, 2.24) is 0 Å². The number of amides is 2. The van der Waals surface area contributed by atoms with Crippen molar-refractivity contribution >= 4 is 34.8 Å². The van der Waals surface area contributed by atoms with E-state index in [0.717, 1.165) is 5.69 Å². The molecule has 2 aromatic rings. The van der Waals surface area contributed by atoms with E-state index in [1.807, 2.05) is 12.1 Å². The molecule has 1 saturated heterocycles. The Morgan fingerprint density at radius 1 is 1.05 bits per heavy atom. The van der Waals surface area contributed by atoms with Crippen molar-refractivity contribution in [1.29, 1.82) is 0 Å². The van der Waals surface area contributed by atoms with Crippen molar-refractivity contribution in [3.8, 4) is 0 Å². The molecule has 1 fully saturated rings. The van der Waals surface area contributed by atoms with E-state index in [1.165, 1.54) is 4.90 Å². The molecule has 21 heavy (non-hydrogen) atoms. The van der Waals surface area contributed by atoms with Crippen LogP contribution in [0.15, 0.2) is 54.6 Å². The molecule has 106 valence electrons. The number of anilines is 2. The van der Waals surface area contributed by atoms with Crippen molar-refractivity contribution in [3.05, 3.63) is 59.6 Å². The van der Waals surface area contributed by atoms with E-state index in [4.69, 9.17) is 11.6 Å². The Hall–Kier alpha value is -2.33. The number of nitrogens with zero attached hydrogens (tertiary/aromatic N) is 1. The first-order valence-electron chi connectivity index (χ1n) is 6.59. The van der Waals surface area contributed by atoms with Gasteiger partial charge in [0.05, 0.1) is 12.1 Å². The summed E-state index contributed by atoms with van der Waals surface area (Å²) in [6, 6.07) is 15.5. The fourth-order valence-corrected chi connectivity index (χ4v) is 2.56. The highest BCUT2D eigenvalue weighted by Gasteiger charge is 2.39. The van der Waals surface area contributed by atoms with Crippen LogP contribution in [0, 0.1) is 0 Å². The van der Waals surface area contributed by atoms with Crippen molar-refractivity contribution in [2.45, 2.75) is 12.5 Å². The third-order valence-corrected chi connectivity index (χ3v) is 3.56. The summed E-state index contributed by atoms with van der Waals surface area (Å²) in [7, 11) is 0. The van der Waals surface area contributed by atoms with Crippen molar-refractivity contribution in [2.75, 3.05) is 10.2 Å². The molecular weight excluding hydrogens is 288 g/mol. The van der Waals surface area contributed by atoms with Crippen molar-refractivity contribution in [2.24, 2.45) is 0 Å². The summed E-state index contributed by atoms with van der Waals surface area (Å²) in [4.78, 5) is 25.7. The quantitative estimate of drug-likeness (QED) is 0.886. The van der Waals surface area contributed by atoms with Gasteiger partial charge in [-0.3, -0.25) is 9.59 Å². The maximum atomic E-state index is 12.4. The minimum absolute atomic E-state index is 0.139. The molecule has 4 nitrogen and oxygen atoms in total.